The Kier molecular flexibility index (Phi) is 7.18. The summed E-state index contributed by atoms with van der Waals surface area (Å²) >= 11 is 0. The van der Waals surface area contributed by atoms with Gasteiger partial charge in [-0.25, -0.2) is 0 Å². The largest absolute Gasteiger partial charge is 0.497 e. The highest BCUT2D eigenvalue weighted by Crippen LogP contribution is 2.44. The average molecular weight is 405 g/mol. The van der Waals surface area contributed by atoms with Crippen LogP contribution in [0.3, 0.4) is 0 Å². The molecule has 1 heteroatoms. The molecule has 30 heavy (non-hydrogen) atoms. The zero-order valence-electron chi connectivity index (χ0n) is 19.3. The number of aryl methyl sites for hydroxylation is 1. The van der Waals surface area contributed by atoms with Gasteiger partial charge in [-0.1, -0.05) is 62.9 Å². The molecule has 0 bridgehead atoms. The van der Waals surface area contributed by atoms with E-state index < -0.39 is 0 Å². The normalized spacial score (nSPS) is 27.0. The Morgan fingerprint density at radius 3 is 2.00 bits per heavy atom. The van der Waals surface area contributed by atoms with Crippen molar-refractivity contribution in [2.24, 2.45) is 17.8 Å². The first-order chi connectivity index (χ1) is 14.7. The zero-order valence-corrected chi connectivity index (χ0v) is 19.3. The van der Waals surface area contributed by atoms with Crippen LogP contribution in [0.5, 0.6) is 5.75 Å². The van der Waals surface area contributed by atoms with Gasteiger partial charge >= 0.3 is 0 Å². The second-order valence-corrected chi connectivity index (χ2v) is 9.98. The molecular formula is C29H40O. The van der Waals surface area contributed by atoms with Crippen LogP contribution in [0.2, 0.25) is 0 Å². The molecular weight excluding hydrogens is 364 g/mol. The van der Waals surface area contributed by atoms with E-state index in [2.05, 4.69) is 56.3 Å². The second-order valence-electron chi connectivity index (χ2n) is 9.98. The van der Waals surface area contributed by atoms with Gasteiger partial charge in [-0.2, -0.15) is 0 Å². The highest BCUT2D eigenvalue weighted by Gasteiger charge is 2.31. The molecule has 2 fully saturated rings. The fraction of sp³-hybridized carbons (Fsp3) is 0.586. The van der Waals surface area contributed by atoms with Gasteiger partial charge in [0.1, 0.15) is 5.75 Å². The summed E-state index contributed by atoms with van der Waals surface area (Å²) in [7, 11) is 1.72. The van der Waals surface area contributed by atoms with Crippen LogP contribution in [0, 0.1) is 24.7 Å². The van der Waals surface area contributed by atoms with Gasteiger partial charge in [0, 0.05) is 0 Å². The summed E-state index contributed by atoms with van der Waals surface area (Å²) in [5.74, 6) is 4.75. The molecule has 0 spiro atoms. The molecule has 0 aromatic heterocycles. The number of hydrogen-bond acceptors (Lipinski definition) is 1. The lowest BCUT2D eigenvalue weighted by molar-refractivity contribution is 0.156. The van der Waals surface area contributed by atoms with E-state index in [-0.39, 0.29) is 0 Å². The van der Waals surface area contributed by atoms with E-state index in [0.29, 0.717) is 0 Å². The van der Waals surface area contributed by atoms with Crippen LogP contribution in [0.4, 0.5) is 0 Å². The van der Waals surface area contributed by atoms with Crippen molar-refractivity contribution < 1.29 is 4.74 Å². The molecule has 4 rings (SSSR count). The maximum atomic E-state index is 5.30. The molecule has 0 heterocycles. The smallest absolute Gasteiger partial charge is 0.118 e. The summed E-state index contributed by atoms with van der Waals surface area (Å²) in [6.07, 6.45) is 14.5. The van der Waals surface area contributed by atoms with Crippen molar-refractivity contribution in [2.45, 2.75) is 84.0 Å². The summed E-state index contributed by atoms with van der Waals surface area (Å²) in [5, 5.41) is 0. The number of hydrogen-bond donors (Lipinski definition) is 0. The van der Waals surface area contributed by atoms with Gasteiger partial charge in [-0.15, -0.1) is 0 Å². The van der Waals surface area contributed by atoms with Gasteiger partial charge in [0.2, 0.25) is 0 Å². The Morgan fingerprint density at radius 1 is 0.800 bits per heavy atom. The van der Waals surface area contributed by atoms with Crippen LogP contribution < -0.4 is 4.74 Å². The number of methoxy groups -OCH3 is 1. The third kappa shape index (κ3) is 4.93. The van der Waals surface area contributed by atoms with Crippen LogP contribution in [-0.4, -0.2) is 7.11 Å². The molecule has 2 aliphatic carbocycles. The van der Waals surface area contributed by atoms with Crippen molar-refractivity contribution in [1.29, 1.82) is 0 Å². The molecule has 0 radical (unpaired) electrons. The van der Waals surface area contributed by atoms with E-state index in [4.69, 9.17) is 4.74 Å². The van der Waals surface area contributed by atoms with Gasteiger partial charge in [0.15, 0.2) is 0 Å². The quantitative estimate of drug-likeness (QED) is 0.468. The minimum Gasteiger partial charge on any atom is -0.497 e. The molecule has 2 saturated carbocycles. The molecule has 0 saturated heterocycles. The van der Waals surface area contributed by atoms with E-state index in [0.717, 1.165) is 29.4 Å². The van der Waals surface area contributed by atoms with Crippen molar-refractivity contribution in [3.8, 4) is 16.9 Å². The molecule has 0 unspecified atom stereocenters. The van der Waals surface area contributed by atoms with E-state index in [1.54, 1.807) is 12.7 Å². The highest BCUT2D eigenvalue weighted by molar-refractivity contribution is 5.68. The van der Waals surface area contributed by atoms with E-state index >= 15 is 0 Å². The molecule has 162 valence electrons. The fourth-order valence-electron chi connectivity index (χ4n) is 6.32. The maximum absolute atomic E-state index is 5.30. The summed E-state index contributed by atoms with van der Waals surface area (Å²) in [6.45, 7) is 4.61. The van der Waals surface area contributed by atoms with Crippen molar-refractivity contribution in [2.75, 3.05) is 7.11 Å². The van der Waals surface area contributed by atoms with E-state index in [1.807, 2.05) is 0 Å². The maximum Gasteiger partial charge on any atom is 0.118 e. The lowest BCUT2D eigenvalue weighted by Gasteiger charge is -2.38. The highest BCUT2D eigenvalue weighted by atomic mass is 16.5. The van der Waals surface area contributed by atoms with Crippen molar-refractivity contribution >= 4 is 0 Å². The van der Waals surface area contributed by atoms with Crippen LogP contribution in [-0.2, 0) is 0 Å². The third-order valence-corrected chi connectivity index (χ3v) is 8.15. The minimum absolute atomic E-state index is 0.765. The first-order valence-electron chi connectivity index (χ1n) is 12.4. The Hall–Kier alpha value is -1.76. The molecule has 0 aliphatic heterocycles. The molecule has 2 aliphatic rings. The topological polar surface area (TPSA) is 9.23 Å². The van der Waals surface area contributed by atoms with Crippen LogP contribution in [0.1, 0.15) is 88.2 Å². The van der Waals surface area contributed by atoms with Crippen LogP contribution in [0.25, 0.3) is 11.1 Å². The summed E-state index contributed by atoms with van der Waals surface area (Å²) < 4.78 is 5.30. The Bertz CT molecular complexity index is 790. The SMILES string of the molecule is CCCC1CCC(C2CCC(c3ccc(-c4ccc(OC)cc4)c(C)c3)CC2)CC1. The first-order valence-corrected chi connectivity index (χ1v) is 12.4. The van der Waals surface area contributed by atoms with Gasteiger partial charge in [-0.05, 0) is 104 Å². The van der Waals surface area contributed by atoms with E-state index in [1.165, 1.54) is 80.9 Å². The summed E-state index contributed by atoms with van der Waals surface area (Å²) in [5.41, 5.74) is 5.59. The molecule has 0 amide bonds. The van der Waals surface area contributed by atoms with Crippen LogP contribution in [0.15, 0.2) is 42.5 Å². The first kappa shape index (κ1) is 21.5. The predicted molar refractivity (Wildman–Crippen MR) is 128 cm³/mol. The van der Waals surface area contributed by atoms with Gasteiger partial charge in [0.05, 0.1) is 7.11 Å². The molecule has 1 nitrogen and oxygen atoms in total. The van der Waals surface area contributed by atoms with Crippen molar-refractivity contribution in [3.63, 3.8) is 0 Å². The average Bonchev–Trinajstić information content (AvgIpc) is 2.80. The fourth-order valence-corrected chi connectivity index (χ4v) is 6.32. The number of benzene rings is 2. The summed E-state index contributed by atoms with van der Waals surface area (Å²) in [4.78, 5) is 0. The van der Waals surface area contributed by atoms with Crippen molar-refractivity contribution in [3.05, 3.63) is 53.6 Å². The van der Waals surface area contributed by atoms with E-state index in [9.17, 15) is 0 Å². The lowest BCUT2D eigenvalue weighted by atomic mass is 9.68. The second kappa shape index (κ2) is 10.0. The van der Waals surface area contributed by atoms with Gasteiger partial charge in [-0.3, -0.25) is 0 Å². The third-order valence-electron chi connectivity index (χ3n) is 8.15. The number of ether oxygens (including phenoxy) is 1. The summed E-state index contributed by atoms with van der Waals surface area (Å²) in [6, 6.07) is 15.6. The van der Waals surface area contributed by atoms with Gasteiger partial charge < -0.3 is 4.74 Å². The Morgan fingerprint density at radius 2 is 1.43 bits per heavy atom. The van der Waals surface area contributed by atoms with Crippen molar-refractivity contribution in [1.82, 2.24) is 0 Å². The Labute approximate surface area is 184 Å². The van der Waals surface area contributed by atoms with Crippen LogP contribution >= 0.6 is 0 Å². The standard InChI is InChI=1S/C29H40O/c1-4-5-22-6-8-23(9-7-22)24-10-12-25(13-11-24)27-16-19-29(21(2)20-27)26-14-17-28(30-3)18-15-26/h14-20,22-25H,4-13H2,1-3H3. The molecule has 2 aromatic rings. The monoisotopic (exact) mass is 404 g/mol. The predicted octanol–water partition coefficient (Wildman–Crippen LogP) is 8.55. The minimum atomic E-state index is 0.765. The molecule has 0 atom stereocenters. The molecule has 0 N–H and O–H groups in total. The molecule has 2 aromatic carbocycles. The number of rotatable bonds is 6. The Balaban J connectivity index is 1.34. The zero-order chi connectivity index (χ0) is 20.9. The van der Waals surface area contributed by atoms with Gasteiger partial charge in [0.25, 0.3) is 0 Å². The lowest BCUT2D eigenvalue weighted by Crippen LogP contribution is -2.25.